The quantitative estimate of drug-likeness (QED) is 0.879. The van der Waals surface area contributed by atoms with Gasteiger partial charge >= 0.3 is 0 Å². The minimum Gasteiger partial charge on any atom is -0.397 e. The molecular formula is C14H20N2S. The monoisotopic (exact) mass is 248 g/mol. The van der Waals surface area contributed by atoms with Crippen molar-refractivity contribution in [3.63, 3.8) is 0 Å². The summed E-state index contributed by atoms with van der Waals surface area (Å²) in [4.78, 5) is 2.11. The normalized spacial score (nSPS) is 18.2. The van der Waals surface area contributed by atoms with Crippen molar-refractivity contribution < 1.29 is 0 Å². The fourth-order valence-corrected chi connectivity index (χ4v) is 4.20. The van der Waals surface area contributed by atoms with Crippen LogP contribution in [0.5, 0.6) is 0 Å². The Morgan fingerprint density at radius 1 is 1.41 bits per heavy atom. The van der Waals surface area contributed by atoms with Crippen LogP contribution in [-0.2, 0) is 11.8 Å². The van der Waals surface area contributed by atoms with Gasteiger partial charge in [0.05, 0.1) is 5.69 Å². The van der Waals surface area contributed by atoms with Crippen LogP contribution < -0.4 is 5.73 Å². The highest BCUT2D eigenvalue weighted by molar-refractivity contribution is 7.13. The number of thiophene rings is 1. The smallest absolute Gasteiger partial charge is 0.128 e. The number of nitriles is 1. The highest BCUT2D eigenvalue weighted by atomic mass is 32.1. The number of nitrogens with zero attached hydrogens (tertiary/aromatic N) is 1. The molecule has 1 aromatic rings. The van der Waals surface area contributed by atoms with E-state index in [2.05, 4.69) is 19.9 Å². The van der Waals surface area contributed by atoms with E-state index in [4.69, 9.17) is 11.0 Å². The maximum Gasteiger partial charge on any atom is 0.128 e. The molecule has 17 heavy (non-hydrogen) atoms. The first-order valence-corrected chi connectivity index (χ1v) is 7.25. The Bertz CT molecular complexity index is 448. The molecule has 0 atom stereocenters. The molecule has 0 amide bonds. The van der Waals surface area contributed by atoms with Gasteiger partial charge in [-0.3, -0.25) is 0 Å². The molecule has 0 saturated heterocycles. The van der Waals surface area contributed by atoms with E-state index in [-0.39, 0.29) is 5.41 Å². The summed E-state index contributed by atoms with van der Waals surface area (Å²) in [5.41, 5.74) is 8.41. The van der Waals surface area contributed by atoms with Crippen molar-refractivity contribution in [2.45, 2.75) is 57.8 Å². The largest absolute Gasteiger partial charge is 0.397 e. The van der Waals surface area contributed by atoms with E-state index in [1.165, 1.54) is 36.1 Å². The summed E-state index contributed by atoms with van der Waals surface area (Å²) < 4.78 is 0. The molecular weight excluding hydrogens is 228 g/mol. The molecule has 2 N–H and O–H groups in total. The lowest BCUT2D eigenvalue weighted by molar-refractivity contribution is 0.497. The molecule has 1 aromatic heterocycles. The van der Waals surface area contributed by atoms with E-state index < -0.39 is 0 Å². The number of nitrogen functional groups attached to an aromatic ring is 1. The van der Waals surface area contributed by atoms with Gasteiger partial charge in [0.2, 0.25) is 0 Å². The first-order valence-electron chi connectivity index (χ1n) is 6.44. The molecule has 1 fully saturated rings. The summed E-state index contributed by atoms with van der Waals surface area (Å²) in [6.45, 7) is 4.51. The fourth-order valence-electron chi connectivity index (χ4n) is 2.93. The maximum atomic E-state index is 9.13. The summed E-state index contributed by atoms with van der Waals surface area (Å²) in [6.07, 6.45) is 7.20. The van der Waals surface area contributed by atoms with E-state index >= 15 is 0 Å². The van der Waals surface area contributed by atoms with Crippen LogP contribution >= 0.6 is 11.3 Å². The van der Waals surface area contributed by atoms with Crippen LogP contribution in [0.25, 0.3) is 0 Å². The third kappa shape index (κ3) is 2.07. The van der Waals surface area contributed by atoms with Crippen molar-refractivity contribution in [3.05, 3.63) is 15.3 Å². The molecule has 0 aliphatic heterocycles. The number of hydrogen-bond donors (Lipinski definition) is 1. The van der Waals surface area contributed by atoms with Gasteiger partial charge in [-0.2, -0.15) is 5.26 Å². The molecule has 0 unspecified atom stereocenters. The van der Waals surface area contributed by atoms with E-state index in [0.29, 0.717) is 0 Å². The standard InChI is InChI=1S/C14H20N2S/c1-3-6-10-12(16)11(9-15)17-13(10)14(2)7-4-5-8-14/h3-8,16H2,1-2H3. The molecule has 1 aliphatic rings. The summed E-state index contributed by atoms with van der Waals surface area (Å²) in [7, 11) is 0. The van der Waals surface area contributed by atoms with Gasteiger partial charge < -0.3 is 5.73 Å². The molecule has 1 heterocycles. The van der Waals surface area contributed by atoms with E-state index in [9.17, 15) is 0 Å². The Morgan fingerprint density at radius 2 is 2.06 bits per heavy atom. The average Bonchev–Trinajstić information content (AvgIpc) is 2.87. The fraction of sp³-hybridized carbons (Fsp3) is 0.643. The molecule has 1 saturated carbocycles. The zero-order chi connectivity index (χ0) is 12.5. The van der Waals surface area contributed by atoms with Crippen molar-refractivity contribution in [3.8, 4) is 6.07 Å². The van der Waals surface area contributed by atoms with Gasteiger partial charge in [-0.15, -0.1) is 11.3 Å². The molecule has 1 aliphatic carbocycles. The zero-order valence-corrected chi connectivity index (χ0v) is 11.5. The van der Waals surface area contributed by atoms with E-state index in [1.54, 1.807) is 11.3 Å². The van der Waals surface area contributed by atoms with Gasteiger partial charge in [-0.25, -0.2) is 0 Å². The average molecular weight is 248 g/mol. The van der Waals surface area contributed by atoms with Crippen LogP contribution in [0, 0.1) is 11.3 Å². The van der Waals surface area contributed by atoms with Crippen LogP contribution in [0.4, 0.5) is 5.69 Å². The van der Waals surface area contributed by atoms with Crippen molar-refractivity contribution in [2.24, 2.45) is 0 Å². The van der Waals surface area contributed by atoms with Crippen LogP contribution in [0.2, 0.25) is 0 Å². The van der Waals surface area contributed by atoms with Crippen molar-refractivity contribution in [1.82, 2.24) is 0 Å². The predicted molar refractivity (Wildman–Crippen MR) is 73.3 cm³/mol. The minimum atomic E-state index is 0.276. The molecule has 0 spiro atoms. The van der Waals surface area contributed by atoms with Gasteiger partial charge in [-0.1, -0.05) is 33.1 Å². The van der Waals surface area contributed by atoms with Crippen LogP contribution in [-0.4, -0.2) is 0 Å². The van der Waals surface area contributed by atoms with E-state index in [1.807, 2.05) is 0 Å². The van der Waals surface area contributed by atoms with Crippen LogP contribution in [0.1, 0.15) is 61.3 Å². The molecule has 2 rings (SSSR count). The third-order valence-corrected chi connectivity index (χ3v) is 5.36. The van der Waals surface area contributed by atoms with Crippen molar-refractivity contribution >= 4 is 17.0 Å². The summed E-state index contributed by atoms with van der Waals surface area (Å²) in [6, 6.07) is 2.25. The van der Waals surface area contributed by atoms with Crippen LogP contribution in [0.3, 0.4) is 0 Å². The molecule has 0 bridgehead atoms. The Morgan fingerprint density at radius 3 is 2.59 bits per heavy atom. The second-order valence-corrected chi connectivity index (χ2v) is 6.30. The molecule has 2 nitrogen and oxygen atoms in total. The van der Waals surface area contributed by atoms with Gasteiger partial charge in [0, 0.05) is 10.3 Å². The second kappa shape index (κ2) is 4.70. The molecule has 3 heteroatoms. The molecule has 0 aromatic carbocycles. The Kier molecular flexibility index (Phi) is 3.44. The second-order valence-electron chi connectivity index (χ2n) is 5.28. The molecule has 92 valence electrons. The number of hydrogen-bond acceptors (Lipinski definition) is 3. The Balaban J connectivity index is 2.49. The summed E-state index contributed by atoms with van der Waals surface area (Å²) >= 11 is 1.64. The van der Waals surface area contributed by atoms with Crippen molar-refractivity contribution in [2.75, 3.05) is 5.73 Å². The lowest BCUT2D eigenvalue weighted by Crippen LogP contribution is -2.17. The number of anilines is 1. The van der Waals surface area contributed by atoms with Gasteiger partial charge in [0.1, 0.15) is 10.9 Å². The Hall–Kier alpha value is -1.01. The minimum absolute atomic E-state index is 0.276. The maximum absolute atomic E-state index is 9.13. The summed E-state index contributed by atoms with van der Waals surface area (Å²) in [5, 5.41) is 9.13. The topological polar surface area (TPSA) is 49.8 Å². The van der Waals surface area contributed by atoms with E-state index in [0.717, 1.165) is 23.4 Å². The van der Waals surface area contributed by atoms with Gasteiger partial charge in [0.15, 0.2) is 0 Å². The first kappa shape index (κ1) is 12.4. The predicted octanol–water partition coefficient (Wildman–Crippen LogP) is 3.99. The first-order chi connectivity index (χ1) is 8.12. The zero-order valence-electron chi connectivity index (χ0n) is 10.7. The molecule has 0 radical (unpaired) electrons. The van der Waals surface area contributed by atoms with Gasteiger partial charge in [-0.05, 0) is 24.8 Å². The Labute approximate surface area is 107 Å². The number of nitrogens with two attached hydrogens (primary N) is 1. The van der Waals surface area contributed by atoms with Gasteiger partial charge in [0.25, 0.3) is 0 Å². The third-order valence-electron chi connectivity index (χ3n) is 3.90. The lowest BCUT2D eigenvalue weighted by atomic mass is 9.84. The lowest BCUT2D eigenvalue weighted by Gasteiger charge is -2.24. The van der Waals surface area contributed by atoms with Crippen molar-refractivity contribution in [1.29, 1.82) is 5.26 Å². The van der Waals surface area contributed by atoms with Crippen LogP contribution in [0.15, 0.2) is 0 Å². The highest BCUT2D eigenvalue weighted by Crippen LogP contribution is 2.47. The SMILES string of the molecule is CCCc1c(C2(C)CCCC2)sc(C#N)c1N. The number of rotatable bonds is 3. The highest BCUT2D eigenvalue weighted by Gasteiger charge is 2.35. The summed E-state index contributed by atoms with van der Waals surface area (Å²) in [5.74, 6) is 0.